The number of hydrogen-bond acceptors (Lipinski definition) is 6. The number of alkyl halides is 2. The summed E-state index contributed by atoms with van der Waals surface area (Å²) in [7, 11) is 1.09. The van der Waals surface area contributed by atoms with Gasteiger partial charge >= 0.3 is 5.97 Å². The number of methoxy groups -OCH3 is 1. The van der Waals surface area contributed by atoms with Crippen LogP contribution in [0.1, 0.15) is 32.7 Å². The van der Waals surface area contributed by atoms with Gasteiger partial charge in [0, 0.05) is 47.5 Å². The lowest BCUT2D eigenvalue weighted by Crippen LogP contribution is -2.33. The zero-order valence-corrected chi connectivity index (χ0v) is 20.0. The predicted octanol–water partition coefficient (Wildman–Crippen LogP) is 5.09. The van der Waals surface area contributed by atoms with E-state index in [0.29, 0.717) is 0 Å². The summed E-state index contributed by atoms with van der Waals surface area (Å²) < 4.78 is 34.6. The molecule has 0 radical (unpaired) electrons. The van der Waals surface area contributed by atoms with Crippen LogP contribution in [0.25, 0.3) is 5.57 Å². The molecule has 1 aliphatic heterocycles. The van der Waals surface area contributed by atoms with Crippen LogP contribution in [-0.4, -0.2) is 42.3 Å². The van der Waals surface area contributed by atoms with E-state index in [1.165, 1.54) is 71.6 Å². The highest BCUT2D eigenvalue weighted by atomic mass is 19.3. The molecule has 3 aromatic carbocycles. The van der Waals surface area contributed by atoms with Crippen molar-refractivity contribution in [2.75, 3.05) is 23.9 Å². The summed E-state index contributed by atoms with van der Waals surface area (Å²) in [4.78, 5) is 49.5. The van der Waals surface area contributed by atoms with Crippen LogP contribution in [0.2, 0.25) is 0 Å². The van der Waals surface area contributed by atoms with E-state index in [9.17, 15) is 24.5 Å². The lowest BCUT2D eigenvalue weighted by molar-refractivity contribution is -0.385. The Bertz CT molecular complexity index is 1450. The van der Waals surface area contributed by atoms with E-state index in [0.717, 1.165) is 13.2 Å². The fourth-order valence-corrected chi connectivity index (χ4v) is 4.09. The smallest absolute Gasteiger partial charge is 0.330 e. The fourth-order valence-electron chi connectivity index (χ4n) is 4.09. The number of benzene rings is 3. The second-order valence-corrected chi connectivity index (χ2v) is 8.32. The summed E-state index contributed by atoms with van der Waals surface area (Å²) in [5, 5.41) is 13.7. The van der Waals surface area contributed by atoms with Crippen molar-refractivity contribution in [1.29, 1.82) is 0 Å². The highest BCUT2D eigenvalue weighted by Crippen LogP contribution is 2.43. The second kappa shape index (κ2) is 10.6. The normalized spacial score (nSPS) is 15.2. The SMILES string of the molecule is COC(=O)/C=C1/c2ccccc2N(C(=O)c2ccc(NC(=O)c3ccccc3[N+](=O)[O-])cc2)CCC1(F)F. The minimum absolute atomic E-state index is 0.0297. The van der Waals surface area contributed by atoms with Gasteiger partial charge in [-0.15, -0.1) is 0 Å². The van der Waals surface area contributed by atoms with Crippen LogP contribution in [0.15, 0.2) is 78.9 Å². The van der Waals surface area contributed by atoms with Gasteiger partial charge in [-0.3, -0.25) is 19.7 Å². The first-order chi connectivity index (χ1) is 18.1. The van der Waals surface area contributed by atoms with Gasteiger partial charge in [0.1, 0.15) is 5.56 Å². The van der Waals surface area contributed by atoms with E-state index in [1.54, 1.807) is 6.07 Å². The molecule has 4 rings (SSSR count). The third-order valence-electron chi connectivity index (χ3n) is 5.97. The van der Waals surface area contributed by atoms with Crippen LogP contribution in [-0.2, 0) is 9.53 Å². The molecule has 1 aliphatic rings. The molecule has 194 valence electrons. The van der Waals surface area contributed by atoms with E-state index < -0.39 is 40.6 Å². The molecule has 0 saturated heterocycles. The van der Waals surface area contributed by atoms with Crippen molar-refractivity contribution < 1.29 is 32.8 Å². The zero-order chi connectivity index (χ0) is 27.4. The Labute approximate surface area is 215 Å². The Morgan fingerprint density at radius 2 is 1.68 bits per heavy atom. The minimum Gasteiger partial charge on any atom is -0.466 e. The first-order valence-electron chi connectivity index (χ1n) is 11.4. The molecule has 3 aromatic rings. The van der Waals surface area contributed by atoms with Crippen LogP contribution >= 0.6 is 0 Å². The van der Waals surface area contributed by atoms with Crippen molar-refractivity contribution >= 4 is 40.4 Å². The van der Waals surface area contributed by atoms with Gasteiger partial charge < -0.3 is 15.0 Å². The Morgan fingerprint density at radius 3 is 2.37 bits per heavy atom. The van der Waals surface area contributed by atoms with Crippen LogP contribution < -0.4 is 10.2 Å². The number of carbonyl (C=O) groups excluding carboxylic acids is 3. The first kappa shape index (κ1) is 26.1. The third-order valence-corrected chi connectivity index (χ3v) is 5.97. The molecule has 0 aromatic heterocycles. The van der Waals surface area contributed by atoms with E-state index >= 15 is 8.78 Å². The van der Waals surface area contributed by atoms with Crippen molar-refractivity contribution in [3.8, 4) is 0 Å². The molecule has 9 nitrogen and oxygen atoms in total. The molecule has 2 amide bonds. The standard InChI is InChI=1S/C27H21F2N3O6/c1-38-24(33)16-21-19-6-2-4-8-22(19)31(15-14-27(21,28)29)26(35)17-10-12-18(13-11-17)30-25(34)20-7-3-5-9-23(20)32(36)37/h2-13,16H,14-15H2,1H3,(H,30,34)/b21-16-. The molecule has 0 spiro atoms. The van der Waals surface area contributed by atoms with Crippen molar-refractivity contribution in [1.82, 2.24) is 0 Å². The average molecular weight is 521 g/mol. The minimum atomic E-state index is -3.40. The molecule has 11 heteroatoms. The van der Waals surface area contributed by atoms with Crippen LogP contribution in [0, 0.1) is 10.1 Å². The largest absolute Gasteiger partial charge is 0.466 e. The highest BCUT2D eigenvalue weighted by Gasteiger charge is 2.41. The third kappa shape index (κ3) is 5.26. The zero-order valence-electron chi connectivity index (χ0n) is 20.0. The molecule has 0 unspecified atom stereocenters. The number of ether oxygens (including phenoxy) is 1. The Morgan fingerprint density at radius 1 is 1.03 bits per heavy atom. The molecule has 1 N–H and O–H groups in total. The topological polar surface area (TPSA) is 119 Å². The number of rotatable bonds is 5. The Kier molecular flexibility index (Phi) is 7.28. The number of amides is 2. The number of nitro benzene ring substituents is 1. The summed E-state index contributed by atoms with van der Waals surface area (Å²) in [6.45, 7) is -0.322. The number of para-hydroxylation sites is 2. The molecule has 0 fully saturated rings. The number of allylic oxidation sites excluding steroid dienone is 1. The van der Waals surface area contributed by atoms with Gasteiger partial charge in [0.15, 0.2) is 0 Å². The van der Waals surface area contributed by atoms with E-state index in [1.807, 2.05) is 0 Å². The van der Waals surface area contributed by atoms with Gasteiger partial charge in [-0.25, -0.2) is 13.6 Å². The monoisotopic (exact) mass is 521 g/mol. The molecule has 1 heterocycles. The van der Waals surface area contributed by atoms with Gasteiger partial charge in [0.05, 0.1) is 17.7 Å². The summed E-state index contributed by atoms with van der Waals surface area (Å²) >= 11 is 0. The van der Waals surface area contributed by atoms with E-state index in [-0.39, 0.29) is 40.3 Å². The van der Waals surface area contributed by atoms with Gasteiger partial charge in [-0.1, -0.05) is 30.3 Å². The number of halogens is 2. The Hall–Kier alpha value is -4.93. The fraction of sp³-hybridized carbons (Fsp3) is 0.148. The second-order valence-electron chi connectivity index (χ2n) is 8.32. The molecule has 0 saturated carbocycles. The van der Waals surface area contributed by atoms with Crippen molar-refractivity contribution in [3.63, 3.8) is 0 Å². The molecule has 0 bridgehead atoms. The number of fused-ring (bicyclic) bond motifs is 1. The van der Waals surface area contributed by atoms with Crippen LogP contribution in [0.3, 0.4) is 0 Å². The van der Waals surface area contributed by atoms with Gasteiger partial charge in [-0.2, -0.15) is 0 Å². The van der Waals surface area contributed by atoms with Crippen LogP contribution in [0.5, 0.6) is 0 Å². The molecular formula is C27H21F2N3O6. The number of anilines is 2. The van der Waals surface area contributed by atoms with E-state index in [2.05, 4.69) is 10.1 Å². The van der Waals surface area contributed by atoms with E-state index in [4.69, 9.17) is 0 Å². The molecule has 38 heavy (non-hydrogen) atoms. The summed E-state index contributed by atoms with van der Waals surface area (Å²) in [6, 6.07) is 17.2. The maximum Gasteiger partial charge on any atom is 0.330 e. The maximum atomic E-state index is 15.0. The highest BCUT2D eigenvalue weighted by molar-refractivity contribution is 6.10. The number of hydrogen-bond donors (Lipinski definition) is 1. The summed E-state index contributed by atoms with van der Waals surface area (Å²) in [5.41, 5.74) is -0.350. The van der Waals surface area contributed by atoms with Crippen LogP contribution in [0.4, 0.5) is 25.8 Å². The molecule has 0 aliphatic carbocycles. The first-order valence-corrected chi connectivity index (χ1v) is 11.4. The molecule has 0 atom stereocenters. The van der Waals surface area contributed by atoms with Crippen molar-refractivity contribution in [2.45, 2.75) is 12.3 Å². The predicted molar refractivity (Wildman–Crippen MR) is 135 cm³/mol. The Balaban J connectivity index is 1.60. The average Bonchev–Trinajstić information content (AvgIpc) is 3.02. The lowest BCUT2D eigenvalue weighted by atomic mass is 9.97. The number of carbonyl (C=O) groups is 3. The number of nitrogens with zero attached hydrogens (tertiary/aromatic N) is 2. The number of nitrogens with one attached hydrogen (secondary N) is 1. The number of esters is 1. The summed E-state index contributed by atoms with van der Waals surface area (Å²) in [5.74, 6) is -5.60. The van der Waals surface area contributed by atoms with Crippen molar-refractivity contribution in [3.05, 3.63) is 106 Å². The molecular weight excluding hydrogens is 500 g/mol. The quantitative estimate of drug-likeness (QED) is 0.216. The van der Waals surface area contributed by atoms with Crippen molar-refractivity contribution in [2.24, 2.45) is 0 Å². The van der Waals surface area contributed by atoms with Gasteiger partial charge in [0.25, 0.3) is 23.4 Å². The van der Waals surface area contributed by atoms with Gasteiger partial charge in [0.2, 0.25) is 0 Å². The summed E-state index contributed by atoms with van der Waals surface area (Å²) in [6.07, 6.45) is 0.0155. The maximum absolute atomic E-state index is 15.0. The van der Waals surface area contributed by atoms with Gasteiger partial charge in [-0.05, 0) is 36.4 Å². The number of nitro groups is 1. The lowest BCUT2D eigenvalue weighted by Gasteiger charge is -2.23.